The van der Waals surface area contributed by atoms with Gasteiger partial charge in [-0.15, -0.1) is 11.8 Å². The van der Waals surface area contributed by atoms with Gasteiger partial charge in [-0.1, -0.05) is 12.1 Å². The summed E-state index contributed by atoms with van der Waals surface area (Å²) in [5, 5.41) is 11.6. The molecular formula is C17H15BrN6O3S. The zero-order chi connectivity index (χ0) is 20.4. The molecule has 0 saturated heterocycles. The summed E-state index contributed by atoms with van der Waals surface area (Å²) in [4.78, 5) is 42.1. The van der Waals surface area contributed by atoms with Crippen molar-refractivity contribution in [2.45, 2.75) is 11.4 Å². The van der Waals surface area contributed by atoms with E-state index in [0.29, 0.717) is 5.69 Å². The first-order chi connectivity index (χ1) is 13.3. The smallest absolute Gasteiger partial charge is 0.324 e. The number of aromatic nitrogens is 4. The van der Waals surface area contributed by atoms with Crippen molar-refractivity contribution in [3.63, 3.8) is 0 Å². The molecule has 0 aliphatic heterocycles. The van der Waals surface area contributed by atoms with Crippen molar-refractivity contribution < 1.29 is 4.79 Å². The number of imidazole rings is 1. The first-order valence-electron chi connectivity index (χ1n) is 8.05. The number of para-hydroxylation sites is 1. The van der Waals surface area contributed by atoms with Gasteiger partial charge in [-0.3, -0.25) is 23.3 Å². The number of carbonyl (C=O) groups excluding carboxylic acids is 1. The normalized spacial score (nSPS) is 10.8. The number of hydrogen-bond acceptors (Lipinski definition) is 6. The largest absolute Gasteiger partial charge is 0.332 e. The monoisotopic (exact) mass is 462 g/mol. The molecule has 0 fully saturated rings. The summed E-state index contributed by atoms with van der Waals surface area (Å²) in [6.07, 6.45) is 0. The molecule has 0 saturated carbocycles. The van der Waals surface area contributed by atoms with Crippen LogP contribution < -0.4 is 16.6 Å². The molecule has 1 N–H and O–H groups in total. The molecule has 0 atom stereocenters. The molecule has 0 bridgehead atoms. The van der Waals surface area contributed by atoms with Crippen LogP contribution in [-0.2, 0) is 25.4 Å². The molecule has 9 nitrogen and oxygen atoms in total. The number of thioether (sulfide) groups is 1. The van der Waals surface area contributed by atoms with Crippen LogP contribution in [0, 0.1) is 11.3 Å². The highest BCUT2D eigenvalue weighted by Crippen LogP contribution is 2.26. The van der Waals surface area contributed by atoms with E-state index in [1.54, 1.807) is 12.1 Å². The van der Waals surface area contributed by atoms with Crippen molar-refractivity contribution in [1.82, 2.24) is 18.7 Å². The molecule has 3 rings (SSSR count). The Morgan fingerprint density at radius 1 is 1.29 bits per heavy atom. The summed E-state index contributed by atoms with van der Waals surface area (Å²) in [6.45, 7) is -0.158. The van der Waals surface area contributed by atoms with Gasteiger partial charge < -0.3 is 5.32 Å². The Kier molecular flexibility index (Phi) is 5.71. The lowest BCUT2D eigenvalue weighted by Crippen LogP contribution is -2.37. The van der Waals surface area contributed by atoms with Crippen LogP contribution in [0.1, 0.15) is 0 Å². The minimum absolute atomic E-state index is 0.0919. The van der Waals surface area contributed by atoms with Gasteiger partial charge in [-0.25, -0.2) is 9.78 Å². The van der Waals surface area contributed by atoms with E-state index in [0.717, 1.165) is 9.46 Å². The average molecular weight is 463 g/mol. The predicted octanol–water partition coefficient (Wildman–Crippen LogP) is 1.45. The molecule has 1 amide bonds. The average Bonchev–Trinajstić information content (AvgIpc) is 3.00. The first kappa shape index (κ1) is 19.9. The van der Waals surface area contributed by atoms with Crippen LogP contribution >= 0.6 is 27.7 Å². The number of nitriles is 1. The standard InChI is InChI=1S/C17H15BrN6O3S/c1-22-14-13(15(26)23(2)17(22)27)21-16(18)24(14)9-12(25)20-10-5-3-4-6-11(10)28-8-7-19/h3-6H,8-9H2,1-2H3,(H,20,25). The number of benzene rings is 1. The summed E-state index contributed by atoms with van der Waals surface area (Å²) >= 11 is 4.57. The van der Waals surface area contributed by atoms with E-state index in [1.807, 2.05) is 18.2 Å². The highest BCUT2D eigenvalue weighted by molar-refractivity contribution is 9.10. The topological polar surface area (TPSA) is 115 Å². The van der Waals surface area contributed by atoms with Crippen molar-refractivity contribution in [3.8, 4) is 6.07 Å². The third kappa shape index (κ3) is 3.61. The van der Waals surface area contributed by atoms with Crippen LogP contribution in [0.15, 0.2) is 43.5 Å². The molecule has 11 heteroatoms. The van der Waals surface area contributed by atoms with E-state index in [9.17, 15) is 14.4 Å². The molecule has 3 aromatic rings. The van der Waals surface area contributed by atoms with E-state index >= 15 is 0 Å². The number of anilines is 1. The molecule has 28 heavy (non-hydrogen) atoms. The van der Waals surface area contributed by atoms with Gasteiger partial charge in [-0.2, -0.15) is 5.26 Å². The number of fused-ring (bicyclic) bond motifs is 1. The summed E-state index contributed by atoms with van der Waals surface area (Å²) < 4.78 is 3.97. The SMILES string of the molecule is Cn1c(=O)c2nc(Br)n(CC(=O)Nc3ccccc3SCC#N)c2n(C)c1=O. The molecule has 0 aliphatic carbocycles. The van der Waals surface area contributed by atoms with Crippen molar-refractivity contribution in [2.24, 2.45) is 14.1 Å². The highest BCUT2D eigenvalue weighted by Gasteiger charge is 2.19. The van der Waals surface area contributed by atoms with E-state index in [1.165, 1.54) is 35.0 Å². The molecule has 0 radical (unpaired) electrons. The van der Waals surface area contributed by atoms with Crippen molar-refractivity contribution in [1.29, 1.82) is 5.26 Å². The van der Waals surface area contributed by atoms with Crippen LogP contribution in [0.2, 0.25) is 0 Å². The van der Waals surface area contributed by atoms with Crippen LogP contribution in [0.25, 0.3) is 11.2 Å². The van der Waals surface area contributed by atoms with E-state index in [2.05, 4.69) is 26.2 Å². The van der Waals surface area contributed by atoms with Crippen molar-refractivity contribution >= 4 is 50.5 Å². The fourth-order valence-electron chi connectivity index (χ4n) is 2.74. The minimum atomic E-state index is -0.531. The van der Waals surface area contributed by atoms with Crippen molar-refractivity contribution in [2.75, 3.05) is 11.1 Å². The molecule has 0 aliphatic rings. The fraction of sp³-hybridized carbons (Fsp3) is 0.235. The predicted molar refractivity (Wildman–Crippen MR) is 109 cm³/mol. The quantitative estimate of drug-likeness (QED) is 0.453. The second kappa shape index (κ2) is 8.04. The highest BCUT2D eigenvalue weighted by atomic mass is 79.9. The van der Waals surface area contributed by atoms with Gasteiger partial charge in [0.15, 0.2) is 15.9 Å². The van der Waals surface area contributed by atoms with Gasteiger partial charge in [0.1, 0.15) is 6.54 Å². The number of nitrogens with zero attached hydrogens (tertiary/aromatic N) is 5. The molecule has 0 spiro atoms. The maximum atomic E-state index is 12.6. The summed E-state index contributed by atoms with van der Waals surface area (Å²) in [7, 11) is 2.89. The minimum Gasteiger partial charge on any atom is -0.324 e. The Labute approximate surface area is 171 Å². The third-order valence-corrected chi connectivity index (χ3v) is 5.59. The van der Waals surface area contributed by atoms with Crippen LogP contribution in [0.4, 0.5) is 5.69 Å². The number of aryl methyl sites for hydroxylation is 1. The number of carbonyl (C=O) groups is 1. The molecule has 2 heterocycles. The Bertz CT molecular complexity index is 1240. The van der Waals surface area contributed by atoms with E-state index in [-0.39, 0.29) is 34.1 Å². The Hall–Kier alpha value is -2.84. The summed E-state index contributed by atoms with van der Waals surface area (Å²) in [5.41, 5.74) is -0.115. The lowest BCUT2D eigenvalue weighted by atomic mass is 10.3. The zero-order valence-electron chi connectivity index (χ0n) is 15.0. The van der Waals surface area contributed by atoms with Crippen molar-refractivity contribution in [3.05, 3.63) is 49.8 Å². The van der Waals surface area contributed by atoms with Crippen LogP contribution in [-0.4, -0.2) is 30.3 Å². The zero-order valence-corrected chi connectivity index (χ0v) is 17.4. The molecule has 2 aromatic heterocycles. The summed E-state index contributed by atoms with van der Waals surface area (Å²) in [6, 6.07) is 9.20. The molecule has 1 aromatic carbocycles. The lowest BCUT2D eigenvalue weighted by Gasteiger charge is -2.12. The molecular weight excluding hydrogens is 448 g/mol. The van der Waals surface area contributed by atoms with Crippen LogP contribution in [0.3, 0.4) is 0 Å². The maximum absolute atomic E-state index is 12.6. The van der Waals surface area contributed by atoms with Gasteiger partial charge >= 0.3 is 5.69 Å². The Morgan fingerprint density at radius 3 is 2.71 bits per heavy atom. The molecule has 0 unspecified atom stereocenters. The second-order valence-corrected chi connectivity index (χ2v) is 7.56. The lowest BCUT2D eigenvalue weighted by molar-refractivity contribution is -0.116. The van der Waals surface area contributed by atoms with Gasteiger partial charge in [-0.05, 0) is 28.1 Å². The van der Waals surface area contributed by atoms with Gasteiger partial charge in [0.05, 0.1) is 17.5 Å². The third-order valence-electron chi connectivity index (χ3n) is 4.05. The first-order valence-corrected chi connectivity index (χ1v) is 9.83. The fourth-order valence-corrected chi connectivity index (χ4v) is 3.88. The van der Waals surface area contributed by atoms with E-state index in [4.69, 9.17) is 5.26 Å². The number of halogens is 1. The number of amides is 1. The number of rotatable bonds is 5. The van der Waals surface area contributed by atoms with E-state index < -0.39 is 11.2 Å². The molecule has 144 valence electrons. The van der Waals surface area contributed by atoms with Crippen LogP contribution in [0.5, 0.6) is 0 Å². The Balaban J connectivity index is 1.95. The maximum Gasteiger partial charge on any atom is 0.332 e. The second-order valence-electron chi connectivity index (χ2n) is 5.84. The number of hydrogen-bond donors (Lipinski definition) is 1. The van der Waals surface area contributed by atoms with Gasteiger partial charge in [0.25, 0.3) is 5.56 Å². The summed E-state index contributed by atoms with van der Waals surface area (Å²) in [5.74, 6) is -0.103. The van der Waals surface area contributed by atoms with Gasteiger partial charge in [0.2, 0.25) is 5.91 Å². The van der Waals surface area contributed by atoms with Gasteiger partial charge in [0, 0.05) is 19.0 Å². The Morgan fingerprint density at radius 2 is 2.00 bits per heavy atom. The number of nitrogens with one attached hydrogen (secondary N) is 1.